The van der Waals surface area contributed by atoms with Crippen molar-refractivity contribution >= 4 is 21.0 Å². The lowest BCUT2D eigenvalue weighted by Crippen LogP contribution is -2.13. The number of hydrogen-bond donors (Lipinski definition) is 2. The lowest BCUT2D eigenvalue weighted by atomic mass is 10.1. The number of nitrogens with zero attached hydrogens (tertiary/aromatic N) is 3. The summed E-state index contributed by atoms with van der Waals surface area (Å²) in [5, 5.41) is 6.30. The first-order chi connectivity index (χ1) is 12.5. The van der Waals surface area contributed by atoms with Crippen LogP contribution in [0.2, 0.25) is 0 Å². The minimum Gasteiger partial charge on any atom is -0.344 e. The van der Waals surface area contributed by atoms with Gasteiger partial charge in [0, 0.05) is 29.1 Å². The van der Waals surface area contributed by atoms with E-state index in [0.717, 1.165) is 22.2 Å². The van der Waals surface area contributed by atoms with Crippen molar-refractivity contribution in [1.29, 1.82) is 0 Å². The normalized spacial score (nSPS) is 12.1. The quantitative estimate of drug-likeness (QED) is 0.576. The van der Waals surface area contributed by atoms with Gasteiger partial charge in [0.2, 0.25) is 0 Å². The summed E-state index contributed by atoms with van der Waals surface area (Å²) in [6.45, 7) is 3.35. The van der Waals surface area contributed by atoms with Crippen LogP contribution in [0.5, 0.6) is 0 Å². The van der Waals surface area contributed by atoms with Gasteiger partial charge in [0.1, 0.15) is 5.52 Å². The third kappa shape index (κ3) is 2.68. The summed E-state index contributed by atoms with van der Waals surface area (Å²) in [7, 11) is -3.29. The summed E-state index contributed by atoms with van der Waals surface area (Å²) < 4.78 is 24.5. The van der Waals surface area contributed by atoms with Gasteiger partial charge in [-0.3, -0.25) is 5.10 Å². The Kier molecular flexibility index (Phi) is 3.84. The molecule has 0 aliphatic rings. The van der Waals surface area contributed by atoms with Gasteiger partial charge in [-0.25, -0.2) is 18.4 Å². The first-order valence-corrected chi connectivity index (χ1v) is 9.69. The maximum atomic E-state index is 12.3. The van der Waals surface area contributed by atoms with Crippen molar-refractivity contribution in [2.45, 2.75) is 24.0 Å². The summed E-state index contributed by atoms with van der Waals surface area (Å²) in [6, 6.07) is 6.75. The van der Waals surface area contributed by atoms with Crippen LogP contribution in [0.3, 0.4) is 0 Å². The number of benzene rings is 1. The fourth-order valence-electron chi connectivity index (χ4n) is 2.74. The van der Waals surface area contributed by atoms with Gasteiger partial charge in [0.05, 0.1) is 28.2 Å². The van der Waals surface area contributed by atoms with Crippen molar-refractivity contribution in [3.05, 3.63) is 49.1 Å². The van der Waals surface area contributed by atoms with E-state index in [2.05, 4.69) is 20.2 Å². The second kappa shape index (κ2) is 6.06. The molecule has 2 N–H and O–H groups in total. The predicted molar refractivity (Wildman–Crippen MR) is 99.2 cm³/mol. The van der Waals surface area contributed by atoms with Crippen LogP contribution in [-0.2, 0) is 9.84 Å². The molecule has 3 heterocycles. The molecule has 0 fully saturated rings. The fraction of sp³-hybridized carbons (Fsp3) is 0.167. The van der Waals surface area contributed by atoms with Crippen molar-refractivity contribution in [3.8, 4) is 22.4 Å². The number of hydrogen-bond acceptors (Lipinski definition) is 5. The van der Waals surface area contributed by atoms with Crippen molar-refractivity contribution in [2.24, 2.45) is 0 Å². The first-order valence-electron chi connectivity index (χ1n) is 8.14. The van der Waals surface area contributed by atoms with Gasteiger partial charge in [-0.15, -0.1) is 0 Å². The van der Waals surface area contributed by atoms with E-state index in [0.29, 0.717) is 16.2 Å². The number of fused-ring (bicyclic) bond motifs is 1. The Morgan fingerprint density at radius 3 is 2.42 bits per heavy atom. The van der Waals surface area contributed by atoms with Gasteiger partial charge in [0.25, 0.3) is 0 Å². The Morgan fingerprint density at radius 2 is 1.77 bits per heavy atom. The standard InChI is InChI=1S/C18H17N5O2S/c1-11(2)26(24,25)14-5-3-12(4-6-14)16-10-20-18-17(23-16)15(9-19-18)13-7-21-22-8-13/h3-11H,1-2H3,(H,19,20)(H,21,22). The molecule has 0 saturated carbocycles. The average Bonchev–Trinajstić information content (AvgIpc) is 3.30. The monoisotopic (exact) mass is 367 g/mol. The SMILES string of the molecule is CC(C)S(=O)(=O)c1ccc(-c2cnc3[nH]cc(-c4cn[nH]c4)c3n2)cc1. The zero-order valence-corrected chi connectivity index (χ0v) is 15.1. The molecule has 4 rings (SSSR count). The smallest absolute Gasteiger partial charge is 0.180 e. The number of aromatic nitrogens is 5. The number of nitrogens with one attached hydrogen (secondary N) is 2. The fourth-order valence-corrected chi connectivity index (χ4v) is 3.80. The van der Waals surface area contributed by atoms with Crippen LogP contribution < -0.4 is 0 Å². The molecule has 0 atom stereocenters. The van der Waals surface area contributed by atoms with Crippen LogP contribution in [-0.4, -0.2) is 38.8 Å². The number of aromatic amines is 2. The molecule has 132 valence electrons. The summed E-state index contributed by atoms with van der Waals surface area (Å²) in [5.74, 6) is 0. The third-order valence-corrected chi connectivity index (χ3v) is 6.46. The van der Waals surface area contributed by atoms with E-state index in [1.165, 1.54) is 0 Å². The van der Waals surface area contributed by atoms with Crippen LogP contribution >= 0.6 is 0 Å². The minimum atomic E-state index is -3.29. The zero-order chi connectivity index (χ0) is 18.3. The second-order valence-electron chi connectivity index (χ2n) is 6.26. The summed E-state index contributed by atoms with van der Waals surface area (Å²) in [5.41, 5.74) is 4.73. The minimum absolute atomic E-state index is 0.311. The summed E-state index contributed by atoms with van der Waals surface area (Å²) >= 11 is 0. The molecule has 8 heteroatoms. The molecule has 0 radical (unpaired) electrons. The molecule has 4 aromatic rings. The van der Waals surface area contributed by atoms with Gasteiger partial charge < -0.3 is 4.98 Å². The van der Waals surface area contributed by atoms with Crippen molar-refractivity contribution in [3.63, 3.8) is 0 Å². The van der Waals surface area contributed by atoms with Gasteiger partial charge >= 0.3 is 0 Å². The molecule has 26 heavy (non-hydrogen) atoms. The van der Waals surface area contributed by atoms with Gasteiger partial charge in [-0.1, -0.05) is 12.1 Å². The van der Waals surface area contributed by atoms with Gasteiger partial charge in [0.15, 0.2) is 15.5 Å². The number of H-pyrrole nitrogens is 2. The maximum absolute atomic E-state index is 12.3. The predicted octanol–water partition coefficient (Wildman–Crippen LogP) is 3.20. The molecule has 0 amide bonds. The van der Waals surface area contributed by atoms with Crippen molar-refractivity contribution in [2.75, 3.05) is 0 Å². The second-order valence-corrected chi connectivity index (χ2v) is 8.76. The Bertz CT molecular complexity index is 1160. The molecule has 0 aliphatic heterocycles. The van der Waals surface area contributed by atoms with Crippen LogP contribution in [0.25, 0.3) is 33.5 Å². The molecular formula is C18H17N5O2S. The van der Waals surface area contributed by atoms with Crippen LogP contribution in [0, 0.1) is 0 Å². The Hall–Kier alpha value is -3.00. The molecule has 0 unspecified atom stereocenters. The lowest BCUT2D eigenvalue weighted by Gasteiger charge is -2.08. The molecule has 7 nitrogen and oxygen atoms in total. The topological polar surface area (TPSA) is 104 Å². The van der Waals surface area contributed by atoms with Crippen molar-refractivity contribution in [1.82, 2.24) is 25.1 Å². The van der Waals surface area contributed by atoms with E-state index < -0.39 is 15.1 Å². The highest BCUT2D eigenvalue weighted by molar-refractivity contribution is 7.92. The molecule has 3 aromatic heterocycles. The highest BCUT2D eigenvalue weighted by atomic mass is 32.2. The Labute approximate surface area is 150 Å². The van der Waals surface area contributed by atoms with Gasteiger partial charge in [-0.2, -0.15) is 5.10 Å². The van der Waals surface area contributed by atoms with Crippen LogP contribution in [0.1, 0.15) is 13.8 Å². The number of sulfone groups is 1. The van der Waals surface area contributed by atoms with Crippen LogP contribution in [0.15, 0.2) is 53.9 Å². The van der Waals surface area contributed by atoms with E-state index in [-0.39, 0.29) is 0 Å². The van der Waals surface area contributed by atoms with E-state index in [1.54, 1.807) is 56.7 Å². The molecule has 0 aliphatic carbocycles. The molecule has 0 spiro atoms. The summed E-state index contributed by atoms with van der Waals surface area (Å²) in [6.07, 6.45) is 7.03. The first kappa shape index (κ1) is 16.5. The van der Waals surface area contributed by atoms with Crippen LogP contribution in [0.4, 0.5) is 0 Å². The molecule has 1 aromatic carbocycles. The Morgan fingerprint density at radius 1 is 1.00 bits per heavy atom. The largest absolute Gasteiger partial charge is 0.344 e. The van der Waals surface area contributed by atoms with Gasteiger partial charge in [-0.05, 0) is 26.0 Å². The van der Waals surface area contributed by atoms with E-state index >= 15 is 0 Å². The average molecular weight is 367 g/mol. The molecule has 0 saturated heterocycles. The lowest BCUT2D eigenvalue weighted by molar-refractivity contribution is 0.587. The highest BCUT2D eigenvalue weighted by Crippen LogP contribution is 2.28. The number of rotatable bonds is 4. The Balaban J connectivity index is 1.76. The van der Waals surface area contributed by atoms with Crippen molar-refractivity contribution < 1.29 is 8.42 Å². The highest BCUT2D eigenvalue weighted by Gasteiger charge is 2.19. The molecule has 0 bridgehead atoms. The van der Waals surface area contributed by atoms with E-state index in [4.69, 9.17) is 4.98 Å². The van der Waals surface area contributed by atoms with E-state index in [9.17, 15) is 8.42 Å². The third-order valence-electron chi connectivity index (χ3n) is 4.29. The maximum Gasteiger partial charge on any atom is 0.180 e. The van der Waals surface area contributed by atoms with E-state index in [1.807, 2.05) is 6.20 Å². The zero-order valence-electron chi connectivity index (χ0n) is 14.3. The molecular weight excluding hydrogens is 350 g/mol. The summed E-state index contributed by atoms with van der Waals surface area (Å²) in [4.78, 5) is 12.5.